The van der Waals surface area contributed by atoms with Gasteiger partial charge in [-0.1, -0.05) is 12.7 Å². The molecule has 0 saturated carbocycles. The summed E-state index contributed by atoms with van der Waals surface area (Å²) in [5.41, 5.74) is 0. The summed E-state index contributed by atoms with van der Waals surface area (Å²) in [5.74, 6) is -16.8. The first-order valence-corrected chi connectivity index (χ1v) is 5.00. The molecular formula is C9H5F11O3. The van der Waals surface area contributed by atoms with Crippen molar-refractivity contribution in [1.29, 1.82) is 0 Å². The first-order chi connectivity index (χ1) is 9.94. The van der Waals surface area contributed by atoms with Gasteiger partial charge in [-0.05, 0) is 0 Å². The number of hydrogen-bond acceptors (Lipinski definition) is 3. The van der Waals surface area contributed by atoms with Crippen LogP contribution < -0.4 is 0 Å². The molecule has 0 fully saturated rings. The molecule has 0 aliphatic carbocycles. The third-order valence-corrected chi connectivity index (χ3v) is 1.95. The molecule has 0 aliphatic rings. The lowest BCUT2D eigenvalue weighted by molar-refractivity contribution is -0.475. The van der Waals surface area contributed by atoms with Crippen LogP contribution in [0.4, 0.5) is 48.3 Å². The van der Waals surface area contributed by atoms with Crippen LogP contribution in [0.15, 0.2) is 12.7 Å². The van der Waals surface area contributed by atoms with E-state index in [1.807, 2.05) is 4.74 Å². The molecular weight excluding hydrogens is 365 g/mol. The monoisotopic (exact) mass is 370 g/mol. The highest BCUT2D eigenvalue weighted by molar-refractivity contribution is 5.79. The molecule has 0 spiro atoms. The minimum atomic E-state index is -7.23. The first kappa shape index (κ1) is 21.4. The quantitative estimate of drug-likeness (QED) is 0.406. The van der Waals surface area contributed by atoms with Crippen molar-refractivity contribution in [3.8, 4) is 0 Å². The molecule has 0 radical (unpaired) electrons. The minimum absolute atomic E-state index is 0.525. The molecule has 0 N–H and O–H groups in total. The van der Waals surface area contributed by atoms with Crippen molar-refractivity contribution in [2.75, 3.05) is 6.61 Å². The number of rotatable bonds is 6. The van der Waals surface area contributed by atoms with E-state index in [1.54, 1.807) is 0 Å². The predicted octanol–water partition coefficient (Wildman–Crippen LogP) is 3.75. The van der Waals surface area contributed by atoms with Crippen LogP contribution in [0.2, 0.25) is 0 Å². The van der Waals surface area contributed by atoms with E-state index in [1.165, 1.54) is 0 Å². The molecule has 23 heavy (non-hydrogen) atoms. The van der Waals surface area contributed by atoms with Gasteiger partial charge in [-0.25, -0.2) is 4.79 Å². The SMILES string of the molecule is C=CCOC(=O)[C@](F)(OC(F)(F)C(F)(F)C(F)(F)F)C(F)(F)F. The van der Waals surface area contributed by atoms with Crippen molar-refractivity contribution < 1.29 is 62.6 Å². The van der Waals surface area contributed by atoms with Crippen LogP contribution in [-0.4, -0.2) is 42.8 Å². The number of hydrogen-bond donors (Lipinski definition) is 0. The maximum absolute atomic E-state index is 13.4. The van der Waals surface area contributed by atoms with Crippen LogP contribution in [0.5, 0.6) is 0 Å². The summed E-state index contributed by atoms with van der Waals surface area (Å²) in [7, 11) is 0. The second kappa shape index (κ2) is 6.13. The Morgan fingerprint density at radius 3 is 1.61 bits per heavy atom. The van der Waals surface area contributed by atoms with Crippen LogP contribution >= 0.6 is 0 Å². The standard InChI is InChI=1S/C9H5F11O3/c1-2-3-22-4(21)5(10,7(13,14)15)23-9(19,20)6(11,12)8(16,17)18/h2H,1,3H2/t5-/m0/s1. The first-order valence-electron chi connectivity index (χ1n) is 5.00. The van der Waals surface area contributed by atoms with Crippen molar-refractivity contribution in [1.82, 2.24) is 0 Å². The van der Waals surface area contributed by atoms with Gasteiger partial charge in [-0.15, -0.1) is 0 Å². The summed E-state index contributed by atoms with van der Waals surface area (Å²) in [4.78, 5) is 10.8. The second-order valence-corrected chi connectivity index (χ2v) is 3.67. The summed E-state index contributed by atoms with van der Waals surface area (Å²) < 4.78 is 141. The normalized spacial score (nSPS) is 16.7. The fraction of sp³-hybridized carbons (Fsp3) is 0.667. The zero-order valence-electron chi connectivity index (χ0n) is 10.4. The number of halogens is 11. The van der Waals surface area contributed by atoms with Gasteiger partial charge in [0.25, 0.3) is 0 Å². The highest BCUT2D eigenvalue weighted by Crippen LogP contribution is 2.51. The van der Waals surface area contributed by atoms with Crippen molar-refractivity contribution in [2.24, 2.45) is 0 Å². The van der Waals surface area contributed by atoms with E-state index in [-0.39, 0.29) is 0 Å². The Labute approximate surface area is 119 Å². The Morgan fingerprint density at radius 2 is 1.30 bits per heavy atom. The van der Waals surface area contributed by atoms with E-state index < -0.39 is 42.8 Å². The zero-order valence-corrected chi connectivity index (χ0v) is 10.4. The van der Waals surface area contributed by atoms with E-state index in [0.717, 1.165) is 0 Å². The molecule has 0 unspecified atom stereocenters. The van der Waals surface area contributed by atoms with Crippen LogP contribution in [0.25, 0.3) is 0 Å². The van der Waals surface area contributed by atoms with E-state index in [4.69, 9.17) is 0 Å². The average molecular weight is 370 g/mol. The van der Waals surface area contributed by atoms with Gasteiger partial charge in [0.1, 0.15) is 6.61 Å². The smallest absolute Gasteiger partial charge is 0.457 e. The largest absolute Gasteiger partial charge is 0.462 e. The van der Waals surface area contributed by atoms with Gasteiger partial charge in [0, 0.05) is 0 Å². The van der Waals surface area contributed by atoms with Crippen molar-refractivity contribution in [3.05, 3.63) is 12.7 Å². The topological polar surface area (TPSA) is 35.5 Å². The van der Waals surface area contributed by atoms with Crippen LogP contribution in [0, 0.1) is 0 Å². The number of ether oxygens (including phenoxy) is 2. The molecule has 0 amide bonds. The second-order valence-electron chi connectivity index (χ2n) is 3.67. The molecule has 136 valence electrons. The Kier molecular flexibility index (Phi) is 5.70. The van der Waals surface area contributed by atoms with Crippen molar-refractivity contribution >= 4 is 5.97 Å². The van der Waals surface area contributed by atoms with Crippen molar-refractivity contribution in [3.63, 3.8) is 0 Å². The molecule has 14 heteroatoms. The number of esters is 1. The lowest BCUT2D eigenvalue weighted by Gasteiger charge is -2.33. The number of carbonyl (C=O) groups is 1. The van der Waals surface area contributed by atoms with Crippen molar-refractivity contribution in [2.45, 2.75) is 30.2 Å². The van der Waals surface area contributed by atoms with Crippen LogP contribution in [0.1, 0.15) is 0 Å². The van der Waals surface area contributed by atoms with Gasteiger partial charge in [0.2, 0.25) is 0 Å². The third-order valence-electron chi connectivity index (χ3n) is 1.95. The van der Waals surface area contributed by atoms with E-state index >= 15 is 0 Å². The minimum Gasteiger partial charge on any atom is -0.457 e. The maximum Gasteiger partial charge on any atom is 0.462 e. The predicted molar refractivity (Wildman–Crippen MR) is 48.1 cm³/mol. The van der Waals surface area contributed by atoms with E-state index in [0.29, 0.717) is 6.08 Å². The van der Waals surface area contributed by atoms with Gasteiger partial charge in [-0.3, -0.25) is 4.74 Å². The molecule has 0 aliphatic heterocycles. The summed E-state index contributed by atoms with van der Waals surface area (Å²) in [5, 5.41) is 0. The number of alkyl halides is 11. The van der Waals surface area contributed by atoms with Crippen LogP contribution in [0.3, 0.4) is 0 Å². The average Bonchev–Trinajstić information content (AvgIpc) is 2.32. The van der Waals surface area contributed by atoms with Gasteiger partial charge in [0.15, 0.2) is 0 Å². The summed E-state index contributed by atoms with van der Waals surface area (Å²) >= 11 is 0. The Morgan fingerprint density at radius 1 is 0.870 bits per heavy atom. The Balaban J connectivity index is 5.82. The molecule has 3 nitrogen and oxygen atoms in total. The lowest BCUT2D eigenvalue weighted by Crippen LogP contribution is -2.61. The van der Waals surface area contributed by atoms with Gasteiger partial charge >= 0.3 is 36.2 Å². The van der Waals surface area contributed by atoms with Crippen LogP contribution in [-0.2, 0) is 14.3 Å². The molecule has 0 heterocycles. The maximum atomic E-state index is 13.4. The molecule has 0 aromatic heterocycles. The Bertz CT molecular complexity index is 453. The summed E-state index contributed by atoms with van der Waals surface area (Å²) in [6.07, 6.45) is -20.4. The molecule has 0 rings (SSSR count). The zero-order chi connectivity index (χ0) is 18.9. The van der Waals surface area contributed by atoms with E-state index in [9.17, 15) is 53.1 Å². The highest BCUT2D eigenvalue weighted by Gasteiger charge is 2.80. The summed E-state index contributed by atoms with van der Waals surface area (Å²) in [6.45, 7) is 1.58. The third kappa shape index (κ3) is 4.03. The van der Waals surface area contributed by atoms with Gasteiger partial charge in [0.05, 0.1) is 0 Å². The van der Waals surface area contributed by atoms with E-state index in [2.05, 4.69) is 11.3 Å². The number of carbonyl (C=O) groups excluding carboxylic acids is 1. The lowest BCUT2D eigenvalue weighted by atomic mass is 10.2. The molecule has 0 saturated heterocycles. The fourth-order valence-electron chi connectivity index (χ4n) is 0.848. The van der Waals surface area contributed by atoms with Gasteiger partial charge in [-0.2, -0.15) is 48.3 Å². The molecule has 1 atom stereocenters. The molecule has 0 bridgehead atoms. The highest BCUT2D eigenvalue weighted by atomic mass is 19.4. The fourth-order valence-corrected chi connectivity index (χ4v) is 0.848. The van der Waals surface area contributed by atoms with Gasteiger partial charge < -0.3 is 4.74 Å². The Hall–Kier alpha value is -1.60. The summed E-state index contributed by atoms with van der Waals surface area (Å²) in [6, 6.07) is 0. The molecule has 0 aromatic rings. The molecule has 0 aromatic carbocycles.